The van der Waals surface area contributed by atoms with E-state index in [9.17, 15) is 4.79 Å². The third kappa shape index (κ3) is 3.69. The molecule has 2 fully saturated rings. The van der Waals surface area contributed by atoms with E-state index in [0.29, 0.717) is 0 Å². The number of amides is 1. The zero-order valence-corrected chi connectivity index (χ0v) is 11.6. The lowest BCUT2D eigenvalue weighted by Crippen LogP contribution is -2.48. The average molecular weight is 253 g/mol. The first kappa shape index (κ1) is 13.8. The molecule has 0 aromatic carbocycles. The lowest BCUT2D eigenvalue weighted by molar-refractivity contribution is -0.126. The summed E-state index contributed by atoms with van der Waals surface area (Å²) in [6.07, 6.45) is 5.85. The molecule has 0 aromatic heterocycles. The topological polar surface area (TPSA) is 44.4 Å². The molecule has 2 saturated heterocycles. The molecule has 0 saturated carbocycles. The summed E-state index contributed by atoms with van der Waals surface area (Å²) in [7, 11) is 0. The standard InChI is InChI=1S/C14H27N3O/c1-2-17(11-12-6-9-15-10-7-12)13-5-3-4-8-16-14(13)18/h12-13,15H,2-11H2,1H3,(H,16,18). The number of piperidine rings is 1. The lowest BCUT2D eigenvalue weighted by Gasteiger charge is -2.33. The van der Waals surface area contributed by atoms with Crippen LogP contribution in [0, 0.1) is 5.92 Å². The molecule has 2 aliphatic rings. The minimum atomic E-state index is 0.118. The van der Waals surface area contributed by atoms with Gasteiger partial charge in [-0.15, -0.1) is 0 Å². The van der Waals surface area contributed by atoms with E-state index in [2.05, 4.69) is 22.5 Å². The molecular formula is C14H27N3O. The van der Waals surface area contributed by atoms with Gasteiger partial charge in [0.2, 0.25) is 5.91 Å². The number of likely N-dealkylation sites (N-methyl/N-ethyl adjacent to an activating group) is 1. The van der Waals surface area contributed by atoms with Crippen LogP contribution in [0.2, 0.25) is 0 Å². The number of hydrogen-bond acceptors (Lipinski definition) is 3. The fourth-order valence-electron chi connectivity index (χ4n) is 3.14. The van der Waals surface area contributed by atoms with Crippen molar-refractivity contribution in [2.75, 3.05) is 32.7 Å². The molecular weight excluding hydrogens is 226 g/mol. The van der Waals surface area contributed by atoms with E-state index in [4.69, 9.17) is 0 Å². The molecule has 18 heavy (non-hydrogen) atoms. The number of rotatable bonds is 4. The van der Waals surface area contributed by atoms with Gasteiger partial charge >= 0.3 is 0 Å². The molecule has 2 N–H and O–H groups in total. The molecule has 0 bridgehead atoms. The first-order chi connectivity index (χ1) is 8.81. The Bertz CT molecular complexity index is 264. The fourth-order valence-corrected chi connectivity index (χ4v) is 3.14. The van der Waals surface area contributed by atoms with Crippen LogP contribution in [0.4, 0.5) is 0 Å². The predicted molar refractivity (Wildman–Crippen MR) is 73.5 cm³/mol. The maximum Gasteiger partial charge on any atom is 0.237 e. The van der Waals surface area contributed by atoms with Crippen LogP contribution in [0.25, 0.3) is 0 Å². The first-order valence-electron chi connectivity index (χ1n) is 7.53. The van der Waals surface area contributed by atoms with Crippen molar-refractivity contribution < 1.29 is 4.79 Å². The molecule has 1 amide bonds. The SMILES string of the molecule is CCN(CC1CCNCC1)C1CCCCNC1=O. The summed E-state index contributed by atoms with van der Waals surface area (Å²) >= 11 is 0. The number of carbonyl (C=O) groups is 1. The first-order valence-corrected chi connectivity index (χ1v) is 7.53. The van der Waals surface area contributed by atoms with E-state index in [1.807, 2.05) is 0 Å². The molecule has 4 heteroatoms. The van der Waals surface area contributed by atoms with E-state index >= 15 is 0 Å². The van der Waals surface area contributed by atoms with Crippen molar-refractivity contribution >= 4 is 5.91 Å². The molecule has 2 aliphatic heterocycles. The second-order valence-corrected chi connectivity index (χ2v) is 5.58. The smallest absolute Gasteiger partial charge is 0.237 e. The second-order valence-electron chi connectivity index (χ2n) is 5.58. The van der Waals surface area contributed by atoms with Crippen molar-refractivity contribution in [1.82, 2.24) is 15.5 Å². The Morgan fingerprint density at radius 3 is 2.67 bits per heavy atom. The van der Waals surface area contributed by atoms with Crippen molar-refractivity contribution in [1.29, 1.82) is 0 Å². The van der Waals surface area contributed by atoms with Crippen LogP contribution in [0.1, 0.15) is 39.0 Å². The Hall–Kier alpha value is -0.610. The van der Waals surface area contributed by atoms with Crippen LogP contribution in [0.5, 0.6) is 0 Å². The number of carbonyl (C=O) groups excluding carboxylic acids is 1. The second kappa shape index (κ2) is 7.10. The van der Waals surface area contributed by atoms with Crippen molar-refractivity contribution in [2.45, 2.75) is 45.1 Å². The van der Waals surface area contributed by atoms with Gasteiger partial charge in [0.15, 0.2) is 0 Å². The van der Waals surface area contributed by atoms with E-state index < -0.39 is 0 Å². The maximum atomic E-state index is 12.1. The van der Waals surface area contributed by atoms with Crippen LogP contribution in [-0.2, 0) is 4.79 Å². The third-order valence-corrected chi connectivity index (χ3v) is 4.30. The quantitative estimate of drug-likeness (QED) is 0.785. The number of hydrogen-bond donors (Lipinski definition) is 2. The van der Waals surface area contributed by atoms with Gasteiger partial charge in [-0.1, -0.05) is 6.92 Å². The summed E-state index contributed by atoms with van der Waals surface area (Å²) in [5, 5.41) is 6.46. The van der Waals surface area contributed by atoms with Gasteiger partial charge in [0, 0.05) is 13.1 Å². The van der Waals surface area contributed by atoms with Gasteiger partial charge < -0.3 is 10.6 Å². The van der Waals surface area contributed by atoms with Crippen molar-refractivity contribution in [3.63, 3.8) is 0 Å². The van der Waals surface area contributed by atoms with Crippen LogP contribution in [0.15, 0.2) is 0 Å². The van der Waals surface area contributed by atoms with Crippen LogP contribution in [0.3, 0.4) is 0 Å². The minimum Gasteiger partial charge on any atom is -0.355 e. The van der Waals surface area contributed by atoms with Gasteiger partial charge in [-0.25, -0.2) is 0 Å². The molecule has 0 radical (unpaired) electrons. The van der Waals surface area contributed by atoms with Gasteiger partial charge in [0.25, 0.3) is 0 Å². The van der Waals surface area contributed by atoms with Gasteiger partial charge in [0.05, 0.1) is 6.04 Å². The molecule has 0 spiro atoms. The van der Waals surface area contributed by atoms with Crippen LogP contribution in [-0.4, -0.2) is 49.6 Å². The molecule has 4 nitrogen and oxygen atoms in total. The van der Waals surface area contributed by atoms with Gasteiger partial charge in [0.1, 0.15) is 0 Å². The molecule has 0 aromatic rings. The fraction of sp³-hybridized carbons (Fsp3) is 0.929. The minimum absolute atomic E-state index is 0.118. The Labute approximate surface area is 110 Å². The molecule has 1 unspecified atom stereocenters. The lowest BCUT2D eigenvalue weighted by atomic mass is 9.96. The van der Waals surface area contributed by atoms with Crippen molar-refractivity contribution in [3.8, 4) is 0 Å². The monoisotopic (exact) mass is 253 g/mol. The van der Waals surface area contributed by atoms with E-state index in [1.165, 1.54) is 19.3 Å². The number of nitrogens with one attached hydrogen (secondary N) is 2. The largest absolute Gasteiger partial charge is 0.355 e. The Morgan fingerprint density at radius 1 is 1.17 bits per heavy atom. The number of nitrogens with zero attached hydrogens (tertiary/aromatic N) is 1. The highest BCUT2D eigenvalue weighted by Crippen LogP contribution is 2.18. The molecule has 1 atom stereocenters. The zero-order valence-electron chi connectivity index (χ0n) is 11.6. The maximum absolute atomic E-state index is 12.1. The average Bonchev–Trinajstić information content (AvgIpc) is 2.62. The summed E-state index contributed by atoms with van der Waals surface area (Å²) in [5.41, 5.74) is 0. The summed E-state index contributed by atoms with van der Waals surface area (Å²) in [5.74, 6) is 1.02. The van der Waals surface area contributed by atoms with Gasteiger partial charge in [-0.2, -0.15) is 0 Å². The highest BCUT2D eigenvalue weighted by molar-refractivity contribution is 5.81. The molecule has 2 heterocycles. The highest BCUT2D eigenvalue weighted by atomic mass is 16.2. The zero-order chi connectivity index (χ0) is 12.8. The summed E-state index contributed by atoms with van der Waals surface area (Å²) < 4.78 is 0. The van der Waals surface area contributed by atoms with Gasteiger partial charge in [-0.3, -0.25) is 9.69 Å². The van der Waals surface area contributed by atoms with Gasteiger partial charge in [-0.05, 0) is 57.7 Å². The Morgan fingerprint density at radius 2 is 1.94 bits per heavy atom. The van der Waals surface area contributed by atoms with Crippen molar-refractivity contribution in [3.05, 3.63) is 0 Å². The van der Waals surface area contributed by atoms with Crippen LogP contribution < -0.4 is 10.6 Å². The Balaban J connectivity index is 1.90. The molecule has 0 aliphatic carbocycles. The Kier molecular flexibility index (Phi) is 5.45. The molecule has 104 valence electrons. The van der Waals surface area contributed by atoms with E-state index in [0.717, 1.165) is 51.5 Å². The van der Waals surface area contributed by atoms with Crippen LogP contribution >= 0.6 is 0 Å². The third-order valence-electron chi connectivity index (χ3n) is 4.30. The predicted octanol–water partition coefficient (Wildman–Crippen LogP) is 0.977. The summed E-state index contributed by atoms with van der Waals surface area (Å²) in [4.78, 5) is 14.5. The molecule has 2 rings (SSSR count). The van der Waals surface area contributed by atoms with Crippen molar-refractivity contribution in [2.24, 2.45) is 5.92 Å². The van der Waals surface area contributed by atoms with E-state index in [-0.39, 0.29) is 11.9 Å². The summed E-state index contributed by atoms with van der Waals surface area (Å²) in [6, 6.07) is 0.118. The highest BCUT2D eigenvalue weighted by Gasteiger charge is 2.28. The van der Waals surface area contributed by atoms with E-state index in [1.54, 1.807) is 0 Å². The summed E-state index contributed by atoms with van der Waals surface area (Å²) in [6.45, 7) is 7.40. The normalized spacial score (nSPS) is 27.0.